The Kier molecular flexibility index (Phi) is 6.81. The highest BCUT2D eigenvalue weighted by atomic mass is 32.1. The molecule has 0 aliphatic heterocycles. The molecule has 8 nitrogen and oxygen atoms in total. The molecule has 0 atom stereocenters. The Hall–Kier alpha value is -3.56. The predicted octanol–water partition coefficient (Wildman–Crippen LogP) is 4.24. The quantitative estimate of drug-likeness (QED) is 0.205. The summed E-state index contributed by atoms with van der Waals surface area (Å²) in [5, 5.41) is 12.3. The van der Waals surface area contributed by atoms with Gasteiger partial charge in [-0.25, -0.2) is 10.5 Å². The largest absolute Gasteiger partial charge is 0.346 e. The van der Waals surface area contributed by atoms with Gasteiger partial charge in [-0.3, -0.25) is 24.9 Å². The van der Waals surface area contributed by atoms with Gasteiger partial charge in [-0.2, -0.15) is 0 Å². The van der Waals surface area contributed by atoms with Crippen LogP contribution in [-0.4, -0.2) is 26.6 Å². The number of amides is 2. The Morgan fingerprint density at radius 1 is 1.12 bits per heavy atom. The average molecular weight is 465 g/mol. The van der Waals surface area contributed by atoms with Crippen LogP contribution in [0.4, 0.5) is 5.13 Å². The normalized spacial score (nSPS) is 11.1. The van der Waals surface area contributed by atoms with Gasteiger partial charge >= 0.3 is 0 Å². The minimum absolute atomic E-state index is 0.0591. The summed E-state index contributed by atoms with van der Waals surface area (Å²) < 4.78 is 2.87. The summed E-state index contributed by atoms with van der Waals surface area (Å²) in [6.07, 6.45) is 3.99. The summed E-state index contributed by atoms with van der Waals surface area (Å²) >= 11 is 1.37. The van der Waals surface area contributed by atoms with Crippen molar-refractivity contribution in [3.8, 4) is 0 Å². The van der Waals surface area contributed by atoms with E-state index in [1.54, 1.807) is 23.8 Å². The maximum absolute atomic E-state index is 13.1. The van der Waals surface area contributed by atoms with Crippen molar-refractivity contribution in [1.29, 1.82) is 0 Å². The molecule has 0 aliphatic rings. The van der Waals surface area contributed by atoms with E-state index in [9.17, 15) is 14.4 Å². The van der Waals surface area contributed by atoms with Crippen LogP contribution in [0.1, 0.15) is 41.6 Å². The zero-order valence-electron chi connectivity index (χ0n) is 18.1. The molecule has 0 saturated carbocycles. The lowest BCUT2D eigenvalue weighted by atomic mass is 10.1. The Balaban J connectivity index is 1.57. The lowest BCUT2D eigenvalue weighted by molar-refractivity contribution is -0.129. The molecule has 2 amide bonds. The third-order valence-electron chi connectivity index (χ3n) is 5.42. The maximum atomic E-state index is 13.1. The van der Waals surface area contributed by atoms with Crippen molar-refractivity contribution in [1.82, 2.24) is 15.0 Å². The number of aromatic nitrogens is 2. The highest BCUT2D eigenvalue weighted by Crippen LogP contribution is 2.27. The van der Waals surface area contributed by atoms with E-state index in [0.717, 1.165) is 34.1 Å². The van der Waals surface area contributed by atoms with E-state index >= 15 is 0 Å². The number of fused-ring (bicyclic) bond motifs is 2. The minimum Gasteiger partial charge on any atom is -0.346 e. The number of aryl methyl sites for hydroxylation is 2. The number of carbonyl (C=O) groups excluding carboxylic acids is 2. The van der Waals surface area contributed by atoms with Gasteiger partial charge in [-0.1, -0.05) is 36.0 Å². The number of thiazole rings is 1. The lowest BCUT2D eigenvalue weighted by Crippen LogP contribution is -2.24. The van der Waals surface area contributed by atoms with Gasteiger partial charge in [0.05, 0.1) is 15.7 Å². The Labute approximate surface area is 193 Å². The van der Waals surface area contributed by atoms with Crippen LogP contribution in [0.2, 0.25) is 0 Å². The van der Waals surface area contributed by atoms with E-state index in [-0.39, 0.29) is 17.4 Å². The summed E-state index contributed by atoms with van der Waals surface area (Å²) in [4.78, 5) is 41.7. The van der Waals surface area contributed by atoms with Crippen LogP contribution < -0.4 is 16.2 Å². The molecule has 0 unspecified atom stereocenters. The number of para-hydroxylation sites is 1. The SMILES string of the molecule is Cc1ccc2nc(NC(=O)c3cn(CCCCCC(=O)NO)c4ccccc4c3=O)sc2c1. The van der Waals surface area contributed by atoms with Crippen LogP contribution in [0.3, 0.4) is 0 Å². The topological polar surface area (TPSA) is 113 Å². The van der Waals surface area contributed by atoms with E-state index in [1.807, 2.05) is 41.8 Å². The molecule has 2 aromatic carbocycles. The zero-order valence-corrected chi connectivity index (χ0v) is 18.9. The summed E-state index contributed by atoms with van der Waals surface area (Å²) in [6.45, 7) is 2.58. The van der Waals surface area contributed by atoms with E-state index in [1.165, 1.54) is 11.3 Å². The van der Waals surface area contributed by atoms with Crippen LogP contribution in [0.15, 0.2) is 53.5 Å². The first-order valence-electron chi connectivity index (χ1n) is 10.7. The number of benzene rings is 2. The molecule has 0 bridgehead atoms. The first-order valence-corrected chi connectivity index (χ1v) is 11.5. The van der Waals surface area contributed by atoms with E-state index < -0.39 is 11.8 Å². The molecule has 4 aromatic rings. The van der Waals surface area contributed by atoms with Crippen LogP contribution in [-0.2, 0) is 11.3 Å². The van der Waals surface area contributed by atoms with Crippen molar-refractivity contribution in [3.63, 3.8) is 0 Å². The highest BCUT2D eigenvalue weighted by molar-refractivity contribution is 7.22. The zero-order chi connectivity index (χ0) is 23.4. The first kappa shape index (κ1) is 22.6. The highest BCUT2D eigenvalue weighted by Gasteiger charge is 2.17. The fourth-order valence-electron chi connectivity index (χ4n) is 3.74. The Bertz CT molecular complexity index is 1390. The van der Waals surface area contributed by atoms with Gasteiger partial charge in [-0.05, 0) is 49.6 Å². The molecule has 9 heteroatoms. The van der Waals surface area contributed by atoms with Gasteiger partial charge in [0, 0.05) is 24.5 Å². The van der Waals surface area contributed by atoms with Crippen LogP contribution >= 0.6 is 11.3 Å². The van der Waals surface area contributed by atoms with Gasteiger partial charge < -0.3 is 4.57 Å². The number of unbranched alkanes of at least 4 members (excludes halogenated alkanes) is 2. The molecule has 3 N–H and O–H groups in total. The summed E-state index contributed by atoms with van der Waals surface area (Å²) in [7, 11) is 0. The number of nitrogens with one attached hydrogen (secondary N) is 2. The fourth-order valence-corrected chi connectivity index (χ4v) is 4.70. The third-order valence-corrected chi connectivity index (χ3v) is 6.36. The minimum atomic E-state index is -0.491. The van der Waals surface area contributed by atoms with Crippen molar-refractivity contribution < 1.29 is 14.8 Å². The van der Waals surface area contributed by atoms with Crippen LogP contribution in [0, 0.1) is 6.92 Å². The lowest BCUT2D eigenvalue weighted by Gasteiger charge is -2.13. The number of pyridine rings is 1. The van der Waals surface area contributed by atoms with E-state index in [2.05, 4.69) is 10.3 Å². The molecule has 170 valence electrons. The second-order valence-electron chi connectivity index (χ2n) is 7.87. The summed E-state index contributed by atoms with van der Waals surface area (Å²) in [5.74, 6) is -0.900. The number of hydrogen-bond donors (Lipinski definition) is 3. The number of rotatable bonds is 8. The maximum Gasteiger partial charge on any atom is 0.262 e. The average Bonchev–Trinajstić information content (AvgIpc) is 3.21. The van der Waals surface area contributed by atoms with Crippen LogP contribution in [0.5, 0.6) is 0 Å². The standard InChI is InChI=1S/C24H24N4O4S/c1-15-10-11-18-20(13-15)33-24(25-18)26-23(31)17-14-28(12-6-2-3-9-21(29)27-32)19-8-5-4-7-16(19)22(17)30/h4-5,7-8,10-11,13-14,32H,2-3,6,9,12H2,1H3,(H,27,29)(H,25,26,31). The third kappa shape index (κ3) is 5.10. The van der Waals surface area contributed by atoms with Gasteiger partial charge in [0.15, 0.2) is 5.13 Å². The van der Waals surface area contributed by atoms with Gasteiger partial charge in [0.25, 0.3) is 5.91 Å². The number of carbonyl (C=O) groups is 2. The molecule has 0 saturated heterocycles. The van der Waals surface area contributed by atoms with Gasteiger partial charge in [0.1, 0.15) is 5.56 Å². The van der Waals surface area contributed by atoms with E-state index in [0.29, 0.717) is 23.5 Å². The molecular formula is C24H24N4O4S. The molecule has 0 spiro atoms. The second-order valence-corrected chi connectivity index (χ2v) is 8.90. The second kappa shape index (κ2) is 9.93. The van der Waals surface area contributed by atoms with Crippen LogP contribution in [0.25, 0.3) is 21.1 Å². The molecule has 2 aromatic heterocycles. The molecule has 2 heterocycles. The monoisotopic (exact) mass is 464 g/mol. The fraction of sp³-hybridized carbons (Fsp3) is 0.250. The molecule has 0 radical (unpaired) electrons. The van der Waals surface area contributed by atoms with Gasteiger partial charge in [0.2, 0.25) is 11.3 Å². The molecule has 0 fully saturated rings. The summed E-state index contributed by atoms with van der Waals surface area (Å²) in [5.41, 5.74) is 4.02. The molecular weight excluding hydrogens is 440 g/mol. The van der Waals surface area contributed by atoms with Gasteiger partial charge in [-0.15, -0.1) is 0 Å². The number of hydrogen-bond acceptors (Lipinski definition) is 6. The predicted molar refractivity (Wildman–Crippen MR) is 129 cm³/mol. The Morgan fingerprint density at radius 2 is 1.94 bits per heavy atom. The molecule has 4 rings (SSSR count). The summed E-state index contributed by atoms with van der Waals surface area (Å²) in [6, 6.07) is 13.1. The number of hydroxylamine groups is 1. The Morgan fingerprint density at radius 3 is 2.76 bits per heavy atom. The van der Waals surface area contributed by atoms with Crippen molar-refractivity contribution >= 4 is 49.4 Å². The molecule has 33 heavy (non-hydrogen) atoms. The van der Waals surface area contributed by atoms with Crippen molar-refractivity contribution in [3.05, 3.63) is 70.0 Å². The van der Waals surface area contributed by atoms with Crippen molar-refractivity contribution in [2.75, 3.05) is 5.32 Å². The van der Waals surface area contributed by atoms with E-state index in [4.69, 9.17) is 5.21 Å². The van der Waals surface area contributed by atoms with Crippen molar-refractivity contribution in [2.24, 2.45) is 0 Å². The number of anilines is 1. The number of nitrogens with zero attached hydrogens (tertiary/aromatic N) is 2. The first-order chi connectivity index (χ1) is 16.0. The smallest absolute Gasteiger partial charge is 0.262 e. The van der Waals surface area contributed by atoms with Crippen molar-refractivity contribution in [2.45, 2.75) is 39.2 Å². The molecule has 0 aliphatic carbocycles.